The van der Waals surface area contributed by atoms with Gasteiger partial charge in [-0.3, -0.25) is 19.3 Å². The van der Waals surface area contributed by atoms with Crippen LogP contribution in [0.4, 0.5) is 11.4 Å². The highest BCUT2D eigenvalue weighted by molar-refractivity contribution is 7.09. The van der Waals surface area contributed by atoms with Crippen molar-refractivity contribution in [1.82, 2.24) is 14.7 Å². The van der Waals surface area contributed by atoms with Crippen LogP contribution in [0.5, 0.6) is 0 Å². The third kappa shape index (κ3) is 5.05. The van der Waals surface area contributed by atoms with E-state index in [4.69, 9.17) is 11.5 Å². The Morgan fingerprint density at radius 2 is 1.81 bits per heavy atom. The number of para-hydroxylation sites is 1. The summed E-state index contributed by atoms with van der Waals surface area (Å²) in [5, 5.41) is 3.90. The molecule has 0 aliphatic heterocycles. The third-order valence-electron chi connectivity index (χ3n) is 6.45. The molecule has 1 atom stereocenters. The molecule has 0 saturated carbocycles. The maximum Gasteiger partial charge on any atom is 0.273 e. The first-order chi connectivity index (χ1) is 17.5. The molecule has 3 amide bonds. The van der Waals surface area contributed by atoms with E-state index < -0.39 is 23.4 Å². The largest absolute Gasteiger partial charge is 0.395 e. The number of aromatic amines is 1. The maximum atomic E-state index is 14.2. The normalized spacial score (nSPS) is 12.3. The summed E-state index contributed by atoms with van der Waals surface area (Å²) in [6.45, 7) is 7.77. The number of nitrogens with two attached hydrogens (primary N) is 2. The molecule has 10 heteroatoms. The minimum Gasteiger partial charge on any atom is -0.395 e. The summed E-state index contributed by atoms with van der Waals surface area (Å²) in [6, 6.07) is 13.8. The fourth-order valence-corrected chi connectivity index (χ4v) is 4.78. The van der Waals surface area contributed by atoms with Gasteiger partial charge in [0.05, 0.1) is 5.69 Å². The van der Waals surface area contributed by atoms with E-state index in [-0.39, 0.29) is 22.2 Å². The van der Waals surface area contributed by atoms with E-state index in [2.05, 4.69) is 14.7 Å². The Morgan fingerprint density at radius 1 is 1.14 bits per heavy atom. The van der Waals surface area contributed by atoms with E-state index in [9.17, 15) is 14.4 Å². The van der Waals surface area contributed by atoms with Crippen LogP contribution in [-0.4, -0.2) is 32.6 Å². The van der Waals surface area contributed by atoms with Crippen LogP contribution in [0.25, 0.3) is 10.9 Å². The predicted octanol–water partition coefficient (Wildman–Crippen LogP) is 4.31. The average Bonchev–Trinajstić information content (AvgIpc) is 3.46. The van der Waals surface area contributed by atoms with Gasteiger partial charge in [0.2, 0.25) is 5.91 Å². The highest BCUT2D eigenvalue weighted by atomic mass is 32.1. The highest BCUT2D eigenvalue weighted by Gasteiger charge is 2.38. The zero-order valence-electron chi connectivity index (χ0n) is 21.2. The number of fused-ring (bicyclic) bond motifs is 1. The van der Waals surface area contributed by atoms with Gasteiger partial charge in [-0.1, -0.05) is 42.8 Å². The number of anilines is 2. The van der Waals surface area contributed by atoms with Gasteiger partial charge in [-0.15, -0.1) is 0 Å². The second-order valence-corrected chi connectivity index (χ2v) is 10.3. The Bertz CT molecular complexity index is 1470. The Labute approximate surface area is 219 Å². The molecule has 192 valence electrons. The summed E-state index contributed by atoms with van der Waals surface area (Å²) in [5.41, 5.74) is 13.7. The first kappa shape index (κ1) is 25.9. The van der Waals surface area contributed by atoms with Crippen molar-refractivity contribution in [2.24, 2.45) is 5.73 Å². The van der Waals surface area contributed by atoms with Crippen molar-refractivity contribution in [1.29, 1.82) is 0 Å². The SMILES string of the molecule is CCC(C)(C)NC(=O)[C@H](c1c[nH]c2ccccc12)N(C(=O)c1snc(C(N)=O)c1N)c1ccc(C)cc1. The lowest BCUT2D eigenvalue weighted by molar-refractivity contribution is -0.124. The van der Waals surface area contributed by atoms with E-state index >= 15 is 0 Å². The molecule has 2 aromatic heterocycles. The number of nitrogens with zero attached hydrogens (tertiary/aromatic N) is 2. The summed E-state index contributed by atoms with van der Waals surface area (Å²) in [5.74, 6) is -1.75. The second kappa shape index (κ2) is 10.1. The number of hydrogen-bond acceptors (Lipinski definition) is 6. The minimum atomic E-state index is -1.06. The molecule has 0 aliphatic rings. The lowest BCUT2D eigenvalue weighted by Crippen LogP contribution is -2.50. The van der Waals surface area contributed by atoms with Crippen molar-refractivity contribution >= 4 is 51.5 Å². The van der Waals surface area contributed by atoms with Crippen molar-refractivity contribution in [2.45, 2.75) is 45.7 Å². The lowest BCUT2D eigenvalue weighted by Gasteiger charge is -2.34. The molecule has 0 saturated heterocycles. The topological polar surface area (TPSA) is 147 Å². The van der Waals surface area contributed by atoms with E-state index in [0.29, 0.717) is 17.7 Å². The molecule has 0 radical (unpaired) electrons. The van der Waals surface area contributed by atoms with E-state index in [1.54, 1.807) is 18.3 Å². The smallest absolute Gasteiger partial charge is 0.273 e. The van der Waals surface area contributed by atoms with E-state index in [1.165, 1.54) is 4.90 Å². The fourth-order valence-electron chi connectivity index (χ4n) is 4.04. The summed E-state index contributed by atoms with van der Waals surface area (Å²) in [7, 11) is 0. The van der Waals surface area contributed by atoms with Gasteiger partial charge in [0, 0.05) is 33.9 Å². The van der Waals surface area contributed by atoms with Crippen molar-refractivity contribution in [2.75, 3.05) is 10.6 Å². The number of amides is 3. The number of carbonyl (C=O) groups excluding carboxylic acids is 3. The number of nitrogen functional groups attached to an aromatic ring is 1. The quantitative estimate of drug-likeness (QED) is 0.274. The highest BCUT2D eigenvalue weighted by Crippen LogP contribution is 2.36. The second-order valence-electron chi connectivity index (χ2n) is 9.57. The number of rotatable bonds is 8. The van der Waals surface area contributed by atoms with Crippen LogP contribution >= 0.6 is 11.5 Å². The number of H-pyrrole nitrogens is 1. The number of primary amides is 1. The number of hydrogen-bond donors (Lipinski definition) is 4. The lowest BCUT2D eigenvalue weighted by atomic mass is 9.97. The van der Waals surface area contributed by atoms with Crippen molar-refractivity contribution in [3.8, 4) is 0 Å². The Hall–Kier alpha value is -4.18. The van der Waals surface area contributed by atoms with Crippen molar-refractivity contribution in [3.05, 3.63) is 76.4 Å². The third-order valence-corrected chi connectivity index (χ3v) is 7.31. The molecule has 0 aliphatic carbocycles. The summed E-state index contributed by atoms with van der Waals surface area (Å²) < 4.78 is 4.00. The molecule has 0 unspecified atom stereocenters. The number of carbonyl (C=O) groups is 3. The van der Waals surface area contributed by atoms with Crippen LogP contribution in [0.1, 0.15) is 64.5 Å². The number of benzene rings is 2. The van der Waals surface area contributed by atoms with Crippen LogP contribution in [-0.2, 0) is 4.79 Å². The number of aromatic nitrogens is 2. The van der Waals surface area contributed by atoms with Gasteiger partial charge >= 0.3 is 0 Å². The summed E-state index contributed by atoms with van der Waals surface area (Å²) >= 11 is 0.780. The molecule has 37 heavy (non-hydrogen) atoms. The Kier molecular flexibility index (Phi) is 7.04. The molecule has 9 nitrogen and oxygen atoms in total. The van der Waals surface area contributed by atoms with Gasteiger partial charge in [0.25, 0.3) is 11.8 Å². The van der Waals surface area contributed by atoms with E-state index in [1.807, 2.05) is 64.1 Å². The van der Waals surface area contributed by atoms with Crippen LogP contribution in [0, 0.1) is 6.92 Å². The summed E-state index contributed by atoms with van der Waals surface area (Å²) in [4.78, 5) is 44.7. The molecular formula is C27H30N6O3S. The molecule has 4 aromatic rings. The zero-order chi connectivity index (χ0) is 26.9. The Morgan fingerprint density at radius 3 is 2.43 bits per heavy atom. The summed E-state index contributed by atoms with van der Waals surface area (Å²) in [6.07, 6.45) is 2.43. The average molecular weight is 519 g/mol. The van der Waals surface area contributed by atoms with Crippen LogP contribution in [0.15, 0.2) is 54.7 Å². The van der Waals surface area contributed by atoms with E-state index in [0.717, 1.165) is 28.0 Å². The standard InChI is InChI=1S/C27H30N6O3S/c1-5-27(3,4)31-25(35)22(18-14-30-19-9-7-6-8-17(18)19)33(16-12-10-15(2)11-13-16)26(36)23-20(28)21(24(29)34)32-37-23/h6-14,22,30H,5,28H2,1-4H3,(H2,29,34)(H,31,35)/t22-/m0/s1. The van der Waals surface area contributed by atoms with Crippen molar-refractivity contribution in [3.63, 3.8) is 0 Å². The number of nitrogens with one attached hydrogen (secondary N) is 2. The molecule has 0 fully saturated rings. The van der Waals surface area contributed by atoms with Gasteiger partial charge in [-0.05, 0) is 56.9 Å². The molecule has 0 bridgehead atoms. The van der Waals surface area contributed by atoms with Gasteiger partial charge in [-0.25, -0.2) is 0 Å². The van der Waals surface area contributed by atoms with Crippen molar-refractivity contribution < 1.29 is 14.4 Å². The van der Waals surface area contributed by atoms with Gasteiger partial charge in [0.15, 0.2) is 5.69 Å². The minimum absolute atomic E-state index is 0.0294. The molecule has 0 spiro atoms. The molecule has 2 heterocycles. The van der Waals surface area contributed by atoms with Gasteiger partial charge < -0.3 is 21.8 Å². The monoisotopic (exact) mass is 518 g/mol. The molecule has 2 aromatic carbocycles. The molecule has 6 N–H and O–H groups in total. The fraction of sp³-hybridized carbons (Fsp3) is 0.259. The van der Waals surface area contributed by atoms with Gasteiger partial charge in [-0.2, -0.15) is 4.37 Å². The van der Waals surface area contributed by atoms with Crippen LogP contribution in [0.2, 0.25) is 0 Å². The van der Waals surface area contributed by atoms with Gasteiger partial charge in [0.1, 0.15) is 10.9 Å². The molecule has 4 rings (SSSR count). The van der Waals surface area contributed by atoms with Crippen LogP contribution in [0.3, 0.4) is 0 Å². The Balaban J connectivity index is 1.95. The maximum absolute atomic E-state index is 14.2. The zero-order valence-corrected chi connectivity index (χ0v) is 22.0. The first-order valence-electron chi connectivity index (χ1n) is 11.9. The predicted molar refractivity (Wildman–Crippen MR) is 147 cm³/mol. The first-order valence-corrected chi connectivity index (χ1v) is 12.6. The molecular weight excluding hydrogens is 488 g/mol. The number of aryl methyl sites for hydroxylation is 1. The van der Waals surface area contributed by atoms with Crippen LogP contribution < -0.4 is 21.7 Å².